The molecule has 1 atom stereocenters. The monoisotopic (exact) mass is 318 g/mol. The molecule has 0 aliphatic heterocycles. The van der Waals surface area contributed by atoms with E-state index in [1.807, 2.05) is 0 Å². The van der Waals surface area contributed by atoms with Crippen LogP contribution in [0.2, 0.25) is 5.28 Å². The number of hydrogen-bond donors (Lipinski definition) is 0. The number of nitrogens with zero attached hydrogens (tertiary/aromatic N) is 2. The highest BCUT2D eigenvalue weighted by molar-refractivity contribution is 9.10. The zero-order chi connectivity index (χ0) is 12.5. The van der Waals surface area contributed by atoms with Crippen molar-refractivity contribution in [2.75, 3.05) is 6.61 Å². The average Bonchev–Trinajstić information content (AvgIpc) is 3.13. The quantitative estimate of drug-likeness (QED) is 0.486. The van der Waals surface area contributed by atoms with Crippen molar-refractivity contribution < 1.29 is 9.53 Å². The van der Waals surface area contributed by atoms with Gasteiger partial charge < -0.3 is 4.74 Å². The van der Waals surface area contributed by atoms with E-state index in [2.05, 4.69) is 25.9 Å². The second-order valence-electron chi connectivity index (χ2n) is 3.95. The zero-order valence-electron chi connectivity index (χ0n) is 9.32. The lowest BCUT2D eigenvalue weighted by molar-refractivity contribution is -0.146. The molecule has 6 heteroatoms. The van der Waals surface area contributed by atoms with Crippen molar-refractivity contribution in [3.05, 3.63) is 23.2 Å². The Morgan fingerprint density at radius 2 is 2.18 bits per heavy atom. The van der Waals surface area contributed by atoms with Crippen LogP contribution >= 0.6 is 27.5 Å². The summed E-state index contributed by atoms with van der Waals surface area (Å²) in [6, 6.07) is 0. The van der Waals surface area contributed by atoms with Crippen LogP contribution in [0.15, 0.2) is 12.4 Å². The standard InChI is InChI=1S/C11H12BrClN2O2/c1-2-17-9(16)11(12,7-3-4-7)8-5-14-10(13)15-6-8/h5-7H,2-4H2,1H3/t11-/m1/s1. The van der Waals surface area contributed by atoms with Gasteiger partial charge in [0.05, 0.1) is 6.61 Å². The largest absolute Gasteiger partial charge is 0.465 e. The molecular weight excluding hydrogens is 307 g/mol. The molecule has 0 unspecified atom stereocenters. The van der Waals surface area contributed by atoms with Crippen LogP contribution in [0.3, 0.4) is 0 Å². The molecule has 0 bridgehead atoms. The molecule has 0 amide bonds. The van der Waals surface area contributed by atoms with Gasteiger partial charge in [0.25, 0.3) is 0 Å². The van der Waals surface area contributed by atoms with Crippen LogP contribution in [0.25, 0.3) is 0 Å². The van der Waals surface area contributed by atoms with E-state index in [0.29, 0.717) is 12.2 Å². The predicted octanol–water partition coefficient (Wildman–Crippen LogP) is 2.69. The summed E-state index contributed by atoms with van der Waals surface area (Å²) in [6.45, 7) is 2.14. The fraction of sp³-hybridized carbons (Fsp3) is 0.545. The molecule has 92 valence electrons. The maximum atomic E-state index is 12.1. The lowest BCUT2D eigenvalue weighted by Gasteiger charge is -2.24. The Labute approximate surface area is 113 Å². The highest BCUT2D eigenvalue weighted by Crippen LogP contribution is 2.52. The molecule has 1 aromatic heterocycles. The molecule has 1 aromatic rings. The molecule has 0 radical (unpaired) electrons. The summed E-state index contributed by atoms with van der Waals surface area (Å²) < 4.78 is 4.29. The molecule has 1 saturated carbocycles. The Kier molecular flexibility index (Phi) is 3.68. The van der Waals surface area contributed by atoms with Crippen LogP contribution < -0.4 is 0 Å². The van der Waals surface area contributed by atoms with Crippen molar-refractivity contribution in [2.24, 2.45) is 5.92 Å². The Balaban J connectivity index is 2.33. The molecule has 0 aromatic carbocycles. The first kappa shape index (κ1) is 12.8. The van der Waals surface area contributed by atoms with Crippen molar-refractivity contribution in [2.45, 2.75) is 24.1 Å². The molecule has 1 heterocycles. The van der Waals surface area contributed by atoms with Crippen molar-refractivity contribution in [1.82, 2.24) is 9.97 Å². The highest BCUT2D eigenvalue weighted by Gasteiger charge is 2.52. The lowest BCUT2D eigenvalue weighted by Crippen LogP contribution is -2.34. The van der Waals surface area contributed by atoms with E-state index >= 15 is 0 Å². The van der Waals surface area contributed by atoms with E-state index in [9.17, 15) is 4.79 Å². The number of halogens is 2. The van der Waals surface area contributed by atoms with E-state index in [4.69, 9.17) is 16.3 Å². The molecule has 0 spiro atoms. The topological polar surface area (TPSA) is 52.1 Å². The number of hydrogen-bond acceptors (Lipinski definition) is 4. The summed E-state index contributed by atoms with van der Waals surface area (Å²) in [4.78, 5) is 19.9. The van der Waals surface area contributed by atoms with Crippen molar-refractivity contribution in [3.8, 4) is 0 Å². The molecule has 1 aliphatic rings. The Hall–Kier alpha value is -0.680. The van der Waals surface area contributed by atoms with Gasteiger partial charge in [-0.15, -0.1) is 0 Å². The number of ether oxygens (including phenoxy) is 1. The minimum absolute atomic E-state index is 0.170. The van der Waals surface area contributed by atoms with Gasteiger partial charge in [-0.1, -0.05) is 15.9 Å². The van der Waals surface area contributed by atoms with Gasteiger partial charge in [0.2, 0.25) is 5.28 Å². The van der Waals surface area contributed by atoms with Crippen LogP contribution in [-0.2, 0) is 13.9 Å². The summed E-state index contributed by atoms with van der Waals surface area (Å²) in [6.07, 6.45) is 5.12. The molecule has 4 nitrogen and oxygen atoms in total. The molecule has 17 heavy (non-hydrogen) atoms. The second-order valence-corrected chi connectivity index (χ2v) is 5.54. The first-order chi connectivity index (χ1) is 8.09. The fourth-order valence-electron chi connectivity index (χ4n) is 1.74. The number of carbonyl (C=O) groups excluding carboxylic acids is 1. The number of carbonyl (C=O) groups is 1. The van der Waals surface area contributed by atoms with Crippen LogP contribution in [0.1, 0.15) is 25.3 Å². The van der Waals surface area contributed by atoms with Gasteiger partial charge in [-0.2, -0.15) is 0 Å². The SMILES string of the molecule is CCOC(=O)[C@](Br)(c1cnc(Cl)nc1)C1CC1. The first-order valence-corrected chi connectivity index (χ1v) is 6.60. The highest BCUT2D eigenvalue weighted by atomic mass is 79.9. The maximum Gasteiger partial charge on any atom is 0.327 e. The Morgan fingerprint density at radius 3 is 2.65 bits per heavy atom. The number of rotatable bonds is 4. The third-order valence-electron chi connectivity index (χ3n) is 2.75. The van der Waals surface area contributed by atoms with Gasteiger partial charge in [0, 0.05) is 18.0 Å². The normalized spacial score (nSPS) is 18.5. The van der Waals surface area contributed by atoms with Crippen LogP contribution in [0, 0.1) is 5.92 Å². The molecule has 1 fully saturated rings. The van der Waals surface area contributed by atoms with Gasteiger partial charge in [-0.3, -0.25) is 4.79 Å². The summed E-state index contributed by atoms with van der Waals surface area (Å²) in [5.74, 6) is -0.0419. The van der Waals surface area contributed by atoms with Crippen LogP contribution in [0.4, 0.5) is 0 Å². The Bertz CT molecular complexity index is 422. The second kappa shape index (κ2) is 4.90. The lowest BCUT2D eigenvalue weighted by atomic mass is 9.96. The van der Waals surface area contributed by atoms with Crippen molar-refractivity contribution in [3.63, 3.8) is 0 Å². The molecular formula is C11H12BrClN2O2. The summed E-state index contributed by atoms with van der Waals surface area (Å²) in [5.41, 5.74) is 0.697. The maximum absolute atomic E-state index is 12.1. The minimum atomic E-state index is -0.826. The smallest absolute Gasteiger partial charge is 0.327 e. The third kappa shape index (κ3) is 2.45. The third-order valence-corrected chi connectivity index (χ3v) is 4.38. The molecule has 0 saturated heterocycles. The number of aromatic nitrogens is 2. The van der Waals surface area contributed by atoms with Crippen molar-refractivity contribution in [1.29, 1.82) is 0 Å². The van der Waals surface area contributed by atoms with Gasteiger partial charge in [0.1, 0.15) is 0 Å². The van der Waals surface area contributed by atoms with Gasteiger partial charge in [-0.25, -0.2) is 9.97 Å². The van der Waals surface area contributed by atoms with E-state index in [1.54, 1.807) is 19.3 Å². The van der Waals surface area contributed by atoms with Crippen LogP contribution in [-0.4, -0.2) is 22.5 Å². The van der Waals surface area contributed by atoms with E-state index in [0.717, 1.165) is 12.8 Å². The molecule has 0 N–H and O–H groups in total. The summed E-state index contributed by atoms with van der Waals surface area (Å²) >= 11 is 9.16. The average molecular weight is 320 g/mol. The van der Waals surface area contributed by atoms with Crippen LogP contribution in [0.5, 0.6) is 0 Å². The molecule has 1 aliphatic carbocycles. The van der Waals surface area contributed by atoms with Gasteiger partial charge in [0.15, 0.2) is 4.32 Å². The first-order valence-electron chi connectivity index (χ1n) is 5.43. The molecule has 2 rings (SSSR count). The fourth-order valence-corrected chi connectivity index (χ4v) is 2.61. The van der Waals surface area contributed by atoms with E-state index in [1.165, 1.54) is 0 Å². The van der Waals surface area contributed by atoms with Gasteiger partial charge in [-0.05, 0) is 37.3 Å². The van der Waals surface area contributed by atoms with Gasteiger partial charge >= 0.3 is 5.97 Å². The predicted molar refractivity (Wildman–Crippen MR) is 67.0 cm³/mol. The van der Waals surface area contributed by atoms with E-state index < -0.39 is 4.32 Å². The summed E-state index contributed by atoms with van der Waals surface area (Å²) in [5, 5.41) is 0.170. The Morgan fingerprint density at radius 1 is 1.59 bits per heavy atom. The summed E-state index contributed by atoms with van der Waals surface area (Å²) in [7, 11) is 0. The minimum Gasteiger partial charge on any atom is -0.465 e. The number of esters is 1. The zero-order valence-corrected chi connectivity index (χ0v) is 11.7. The van der Waals surface area contributed by atoms with Crippen molar-refractivity contribution >= 4 is 33.5 Å². The number of alkyl halides is 1. The van der Waals surface area contributed by atoms with E-state index in [-0.39, 0.29) is 17.2 Å².